The van der Waals surface area contributed by atoms with Gasteiger partial charge in [0, 0.05) is 17.9 Å². The molecule has 1 aliphatic heterocycles. The molecule has 0 aromatic heterocycles. The summed E-state index contributed by atoms with van der Waals surface area (Å²) in [6.07, 6.45) is 2.03. The molecule has 138 valence electrons. The number of ketones is 1. The van der Waals surface area contributed by atoms with Crippen molar-refractivity contribution in [3.05, 3.63) is 59.4 Å². The van der Waals surface area contributed by atoms with Gasteiger partial charge in [-0.25, -0.2) is 9.40 Å². The van der Waals surface area contributed by atoms with Crippen LogP contribution in [0.25, 0.3) is 0 Å². The van der Waals surface area contributed by atoms with Gasteiger partial charge in [0.15, 0.2) is 5.78 Å². The van der Waals surface area contributed by atoms with E-state index >= 15 is 0 Å². The number of anilines is 1. The Morgan fingerprint density at radius 2 is 2.04 bits per heavy atom. The van der Waals surface area contributed by atoms with Crippen LogP contribution in [0.3, 0.4) is 0 Å². The molecule has 0 spiro atoms. The minimum Gasteiger partial charge on any atom is -0.486 e. The molecule has 0 saturated carbocycles. The van der Waals surface area contributed by atoms with E-state index in [1.807, 2.05) is 0 Å². The fourth-order valence-electron chi connectivity index (χ4n) is 3.56. The highest BCUT2D eigenvalue weighted by atomic mass is 19.1. The number of fused-ring (bicyclic) bond motifs is 3. The summed E-state index contributed by atoms with van der Waals surface area (Å²) in [6.45, 7) is 1.46. The molecule has 1 heterocycles. The standard InChI is InChI=1S/C21H19FN2O3/c1-13(25)12-27-18-8-6-17(7-9-18)24-20(26)10-15-3-2-14-4-5-16(22)11-19(14)21(15)23-24/h4-9,11,15H,2-3,10,12H2,1H3. The number of halogens is 1. The Balaban J connectivity index is 1.65. The van der Waals surface area contributed by atoms with Crippen LogP contribution < -0.4 is 9.75 Å². The zero-order valence-electron chi connectivity index (χ0n) is 14.9. The fourth-order valence-corrected chi connectivity index (χ4v) is 3.56. The largest absolute Gasteiger partial charge is 0.486 e. The molecule has 2 aromatic rings. The molecule has 0 fully saturated rings. The molecule has 6 heteroatoms. The summed E-state index contributed by atoms with van der Waals surface area (Å²) in [4.78, 5) is 23.6. The molecule has 27 heavy (non-hydrogen) atoms. The lowest BCUT2D eigenvalue weighted by atomic mass is 9.79. The molecule has 2 aliphatic rings. The van der Waals surface area contributed by atoms with Gasteiger partial charge in [-0.15, -0.1) is 0 Å². The summed E-state index contributed by atoms with van der Waals surface area (Å²) in [5.74, 6) is 0.134. The second kappa shape index (κ2) is 6.95. The van der Waals surface area contributed by atoms with Crippen molar-refractivity contribution in [3.8, 4) is 5.75 Å². The average Bonchev–Trinajstić information content (AvgIpc) is 2.66. The smallest absolute Gasteiger partial charge is 0.248 e. The van der Waals surface area contributed by atoms with Gasteiger partial charge in [0.25, 0.3) is 0 Å². The molecule has 5 nitrogen and oxygen atoms in total. The minimum absolute atomic E-state index is 0.00825. The van der Waals surface area contributed by atoms with Crippen molar-refractivity contribution in [3.63, 3.8) is 0 Å². The number of rotatable bonds is 4. The molecule has 1 aliphatic carbocycles. The summed E-state index contributed by atoms with van der Waals surface area (Å²) in [7, 11) is 0. The third-order valence-electron chi connectivity index (χ3n) is 4.89. The van der Waals surface area contributed by atoms with E-state index in [-0.39, 0.29) is 30.0 Å². The predicted octanol–water partition coefficient (Wildman–Crippen LogP) is 3.50. The van der Waals surface area contributed by atoms with E-state index in [4.69, 9.17) is 4.74 Å². The van der Waals surface area contributed by atoms with Crippen LogP contribution in [0.5, 0.6) is 5.75 Å². The van der Waals surface area contributed by atoms with Crippen LogP contribution in [0.1, 0.15) is 30.9 Å². The lowest BCUT2D eigenvalue weighted by molar-refractivity contribution is -0.120. The molecule has 1 amide bonds. The summed E-state index contributed by atoms with van der Waals surface area (Å²) in [6, 6.07) is 11.6. The molecular weight excluding hydrogens is 347 g/mol. The number of nitrogens with zero attached hydrogens (tertiary/aromatic N) is 2. The number of hydrogen-bond acceptors (Lipinski definition) is 4. The molecule has 0 N–H and O–H groups in total. The number of hydrogen-bond donors (Lipinski definition) is 0. The Hall–Kier alpha value is -3.02. The average molecular weight is 366 g/mol. The molecule has 1 atom stereocenters. The Morgan fingerprint density at radius 3 is 2.78 bits per heavy atom. The minimum atomic E-state index is -0.299. The maximum atomic E-state index is 13.8. The summed E-state index contributed by atoms with van der Waals surface area (Å²) >= 11 is 0. The van der Waals surface area contributed by atoms with E-state index in [1.54, 1.807) is 30.3 Å². The van der Waals surface area contributed by atoms with Gasteiger partial charge < -0.3 is 4.74 Å². The van der Waals surface area contributed by atoms with Crippen molar-refractivity contribution in [1.29, 1.82) is 0 Å². The first-order valence-electron chi connectivity index (χ1n) is 8.94. The van der Waals surface area contributed by atoms with Crippen molar-refractivity contribution < 1.29 is 18.7 Å². The number of Topliss-reactive ketones (excluding diaryl/α,β-unsaturated/α-hetero) is 1. The van der Waals surface area contributed by atoms with Crippen molar-refractivity contribution in [2.45, 2.75) is 26.2 Å². The van der Waals surface area contributed by atoms with E-state index in [1.165, 1.54) is 24.1 Å². The highest BCUT2D eigenvalue weighted by molar-refractivity contribution is 6.11. The lowest BCUT2D eigenvalue weighted by Gasteiger charge is -2.33. The molecular formula is C21H19FN2O3. The third-order valence-corrected chi connectivity index (χ3v) is 4.89. The second-order valence-electron chi connectivity index (χ2n) is 6.92. The van der Waals surface area contributed by atoms with Crippen LogP contribution in [-0.2, 0) is 16.0 Å². The Kier molecular flexibility index (Phi) is 4.48. The number of hydrazone groups is 1. The van der Waals surface area contributed by atoms with Crippen LogP contribution in [0.2, 0.25) is 0 Å². The maximum absolute atomic E-state index is 13.8. The number of amides is 1. The zero-order chi connectivity index (χ0) is 19.0. The molecule has 4 rings (SSSR count). The Bertz CT molecular complexity index is 937. The van der Waals surface area contributed by atoms with E-state index in [2.05, 4.69) is 5.10 Å². The van der Waals surface area contributed by atoms with Gasteiger partial charge in [-0.3, -0.25) is 9.59 Å². The van der Waals surface area contributed by atoms with Crippen LogP contribution >= 0.6 is 0 Å². The van der Waals surface area contributed by atoms with Crippen molar-refractivity contribution in [2.75, 3.05) is 11.6 Å². The van der Waals surface area contributed by atoms with E-state index in [9.17, 15) is 14.0 Å². The summed E-state index contributed by atoms with van der Waals surface area (Å²) in [5, 5.41) is 5.96. The topological polar surface area (TPSA) is 59.0 Å². The highest BCUT2D eigenvalue weighted by Gasteiger charge is 2.34. The van der Waals surface area contributed by atoms with Gasteiger partial charge in [0.2, 0.25) is 5.91 Å². The van der Waals surface area contributed by atoms with E-state index in [0.717, 1.165) is 29.7 Å². The quantitative estimate of drug-likeness (QED) is 0.832. The van der Waals surface area contributed by atoms with Gasteiger partial charge >= 0.3 is 0 Å². The first-order valence-corrected chi connectivity index (χ1v) is 8.94. The van der Waals surface area contributed by atoms with Crippen LogP contribution in [0, 0.1) is 11.7 Å². The molecule has 0 bridgehead atoms. The first-order chi connectivity index (χ1) is 13.0. The normalized spacial score (nSPS) is 18.4. The van der Waals surface area contributed by atoms with Crippen LogP contribution in [0.15, 0.2) is 47.6 Å². The van der Waals surface area contributed by atoms with Crippen LogP contribution in [0.4, 0.5) is 10.1 Å². The van der Waals surface area contributed by atoms with Crippen molar-refractivity contribution in [2.24, 2.45) is 11.0 Å². The SMILES string of the molecule is CC(=O)COc1ccc(N2N=C3c4cc(F)ccc4CCC3CC2=O)cc1. The van der Waals surface area contributed by atoms with Gasteiger partial charge in [-0.2, -0.15) is 5.10 Å². The van der Waals surface area contributed by atoms with Crippen molar-refractivity contribution in [1.82, 2.24) is 0 Å². The van der Waals surface area contributed by atoms with Gasteiger partial charge in [-0.05, 0) is 61.7 Å². The monoisotopic (exact) mass is 366 g/mol. The number of ether oxygens (including phenoxy) is 1. The van der Waals surface area contributed by atoms with Crippen molar-refractivity contribution >= 4 is 23.1 Å². The number of carbonyl (C=O) groups is 2. The number of carbonyl (C=O) groups excluding carboxylic acids is 2. The lowest BCUT2D eigenvalue weighted by Crippen LogP contribution is -2.39. The maximum Gasteiger partial charge on any atom is 0.248 e. The summed E-state index contributed by atoms with van der Waals surface area (Å²) < 4.78 is 19.1. The Labute approximate surface area is 156 Å². The third kappa shape index (κ3) is 3.47. The fraction of sp³-hybridized carbons (Fsp3) is 0.286. The highest BCUT2D eigenvalue weighted by Crippen LogP contribution is 2.34. The summed E-state index contributed by atoms with van der Waals surface area (Å²) in [5.41, 5.74) is 3.25. The first kappa shape index (κ1) is 17.4. The Morgan fingerprint density at radius 1 is 1.26 bits per heavy atom. The molecule has 0 saturated heterocycles. The second-order valence-corrected chi connectivity index (χ2v) is 6.92. The van der Waals surface area contributed by atoms with E-state index in [0.29, 0.717) is 17.9 Å². The zero-order valence-corrected chi connectivity index (χ0v) is 14.9. The predicted molar refractivity (Wildman–Crippen MR) is 99.5 cm³/mol. The number of aryl methyl sites for hydroxylation is 1. The van der Waals surface area contributed by atoms with Gasteiger partial charge in [0.05, 0.1) is 11.4 Å². The van der Waals surface area contributed by atoms with Gasteiger partial charge in [-0.1, -0.05) is 6.07 Å². The van der Waals surface area contributed by atoms with E-state index < -0.39 is 0 Å². The molecule has 2 aromatic carbocycles. The van der Waals surface area contributed by atoms with Gasteiger partial charge in [0.1, 0.15) is 18.2 Å². The van der Waals surface area contributed by atoms with Crippen LogP contribution in [-0.4, -0.2) is 24.0 Å². The molecule has 0 radical (unpaired) electrons. The number of benzene rings is 2. The molecule has 1 unspecified atom stereocenters.